The van der Waals surface area contributed by atoms with Gasteiger partial charge in [0, 0.05) is 35.4 Å². The number of ether oxygens (including phenoxy) is 2. The third kappa shape index (κ3) is 3.34. The Morgan fingerprint density at radius 2 is 1.91 bits per heavy atom. The van der Waals surface area contributed by atoms with Crippen LogP contribution in [0.4, 0.5) is 5.69 Å². The lowest BCUT2D eigenvalue weighted by Crippen LogP contribution is -2.27. The molecule has 0 spiro atoms. The zero-order chi connectivity index (χ0) is 22.2. The van der Waals surface area contributed by atoms with Crippen LogP contribution < -0.4 is 14.8 Å². The van der Waals surface area contributed by atoms with Crippen molar-refractivity contribution in [3.63, 3.8) is 0 Å². The highest BCUT2D eigenvalue weighted by molar-refractivity contribution is 6.04. The van der Waals surface area contributed by atoms with Crippen LogP contribution in [0.3, 0.4) is 0 Å². The minimum atomic E-state index is -0.317. The number of hydrogen-bond acceptors (Lipinski definition) is 5. The van der Waals surface area contributed by atoms with Gasteiger partial charge in [0.15, 0.2) is 17.3 Å². The van der Waals surface area contributed by atoms with Gasteiger partial charge in [-0.05, 0) is 41.5 Å². The minimum absolute atomic E-state index is 0.183. The van der Waals surface area contributed by atoms with Gasteiger partial charge >= 0.3 is 5.97 Å². The first-order valence-corrected chi connectivity index (χ1v) is 11.0. The predicted molar refractivity (Wildman–Crippen MR) is 124 cm³/mol. The van der Waals surface area contributed by atoms with Gasteiger partial charge in [-0.15, -0.1) is 0 Å². The van der Waals surface area contributed by atoms with Gasteiger partial charge in [-0.1, -0.05) is 49.4 Å². The molecule has 1 aliphatic heterocycles. The Kier molecular flexibility index (Phi) is 5.17. The lowest BCUT2D eigenvalue weighted by Gasteiger charge is -2.35. The molecular weight excluding hydrogens is 402 g/mol. The highest BCUT2D eigenvalue weighted by Crippen LogP contribution is 2.48. The standard InChI is InChI=1S/C27H25NO4/c1-3-24(30)32-22-14-12-17(15-23(22)31-2)25-19-13-11-16-7-4-5-8-18(16)27(19)28-20-9-6-10-21(29)26(20)25/h4-5,7-8,11-15,25,28H,3,6,9-10H2,1-2H3/t25-/m0/s1. The van der Waals surface area contributed by atoms with Crippen LogP contribution in [0.2, 0.25) is 0 Å². The lowest BCUT2D eigenvalue weighted by atomic mass is 9.75. The summed E-state index contributed by atoms with van der Waals surface area (Å²) in [6.07, 6.45) is 2.55. The van der Waals surface area contributed by atoms with Crippen LogP contribution in [-0.2, 0) is 9.59 Å². The molecule has 5 heteroatoms. The first-order valence-electron chi connectivity index (χ1n) is 11.0. The number of Topliss-reactive ketones (excluding diaryl/α,β-unsaturated/α-hetero) is 1. The van der Waals surface area contributed by atoms with Crippen molar-refractivity contribution in [3.8, 4) is 11.5 Å². The molecule has 3 aromatic carbocycles. The molecule has 0 saturated carbocycles. The highest BCUT2D eigenvalue weighted by Gasteiger charge is 2.36. The van der Waals surface area contributed by atoms with E-state index in [0.29, 0.717) is 17.9 Å². The molecule has 0 amide bonds. The molecular formula is C27H25NO4. The quantitative estimate of drug-likeness (QED) is 0.426. The molecule has 5 rings (SSSR count). The molecule has 0 fully saturated rings. The van der Waals surface area contributed by atoms with E-state index >= 15 is 0 Å². The van der Waals surface area contributed by atoms with Crippen LogP contribution >= 0.6 is 0 Å². The van der Waals surface area contributed by atoms with E-state index in [9.17, 15) is 9.59 Å². The number of benzene rings is 3. The molecule has 2 aliphatic rings. The van der Waals surface area contributed by atoms with E-state index in [0.717, 1.165) is 51.7 Å². The number of carbonyl (C=O) groups excluding carboxylic acids is 2. The molecule has 1 heterocycles. The maximum absolute atomic E-state index is 13.1. The number of ketones is 1. The average molecular weight is 428 g/mol. The van der Waals surface area contributed by atoms with Crippen LogP contribution in [0, 0.1) is 0 Å². The summed E-state index contributed by atoms with van der Waals surface area (Å²) in [5, 5.41) is 5.90. The third-order valence-electron chi connectivity index (χ3n) is 6.33. The van der Waals surface area contributed by atoms with Gasteiger partial charge in [0.25, 0.3) is 0 Å². The number of fused-ring (bicyclic) bond motifs is 3. The summed E-state index contributed by atoms with van der Waals surface area (Å²) in [5.74, 6) is 0.532. The monoisotopic (exact) mass is 427 g/mol. The summed E-state index contributed by atoms with van der Waals surface area (Å²) in [4.78, 5) is 24.9. The summed E-state index contributed by atoms with van der Waals surface area (Å²) >= 11 is 0. The topological polar surface area (TPSA) is 64.6 Å². The third-order valence-corrected chi connectivity index (χ3v) is 6.33. The number of nitrogens with one attached hydrogen (secondary N) is 1. The van der Waals surface area contributed by atoms with Crippen molar-refractivity contribution in [2.24, 2.45) is 0 Å². The van der Waals surface area contributed by atoms with Crippen molar-refractivity contribution in [3.05, 3.63) is 77.0 Å². The van der Waals surface area contributed by atoms with Gasteiger partial charge in [-0.25, -0.2) is 0 Å². The van der Waals surface area contributed by atoms with Gasteiger partial charge in [0.05, 0.1) is 12.8 Å². The Morgan fingerprint density at radius 3 is 2.72 bits per heavy atom. The van der Waals surface area contributed by atoms with Gasteiger partial charge in [-0.2, -0.15) is 0 Å². The number of hydrogen-bond donors (Lipinski definition) is 1. The molecule has 0 saturated heterocycles. The second kappa shape index (κ2) is 8.15. The van der Waals surface area contributed by atoms with Gasteiger partial charge in [0.2, 0.25) is 0 Å². The molecule has 3 aromatic rings. The molecule has 32 heavy (non-hydrogen) atoms. The van der Waals surface area contributed by atoms with Crippen molar-refractivity contribution in [2.45, 2.75) is 38.5 Å². The van der Waals surface area contributed by atoms with Crippen LogP contribution in [0.25, 0.3) is 10.8 Å². The van der Waals surface area contributed by atoms with E-state index in [4.69, 9.17) is 9.47 Å². The SMILES string of the molecule is CCC(=O)Oc1ccc([C@@H]2C3=C(CCCC3=O)Nc3c2ccc2ccccc32)cc1OC. The normalized spacial score (nSPS) is 17.4. The number of allylic oxidation sites excluding steroid dienone is 2. The van der Waals surface area contributed by atoms with Crippen LogP contribution in [0.1, 0.15) is 49.7 Å². The van der Waals surface area contributed by atoms with Crippen LogP contribution in [0.15, 0.2) is 65.9 Å². The Hall–Kier alpha value is -3.60. The zero-order valence-electron chi connectivity index (χ0n) is 18.2. The number of esters is 1. The second-order valence-electron chi connectivity index (χ2n) is 8.22. The fourth-order valence-electron chi connectivity index (χ4n) is 4.79. The average Bonchev–Trinajstić information content (AvgIpc) is 2.83. The predicted octanol–water partition coefficient (Wildman–Crippen LogP) is 5.73. The Balaban J connectivity index is 1.70. The van der Waals surface area contributed by atoms with Crippen molar-refractivity contribution in [1.82, 2.24) is 0 Å². The molecule has 1 atom stereocenters. The largest absolute Gasteiger partial charge is 0.493 e. The van der Waals surface area contributed by atoms with E-state index in [2.05, 4.69) is 29.6 Å². The van der Waals surface area contributed by atoms with E-state index < -0.39 is 0 Å². The maximum atomic E-state index is 13.1. The van der Waals surface area contributed by atoms with Crippen molar-refractivity contribution < 1.29 is 19.1 Å². The molecule has 162 valence electrons. The van der Waals surface area contributed by atoms with E-state index in [1.165, 1.54) is 0 Å². The van der Waals surface area contributed by atoms with Gasteiger partial charge < -0.3 is 14.8 Å². The summed E-state index contributed by atoms with van der Waals surface area (Å²) in [7, 11) is 1.56. The number of carbonyl (C=O) groups is 2. The first-order chi connectivity index (χ1) is 15.6. The van der Waals surface area contributed by atoms with Crippen molar-refractivity contribution >= 4 is 28.2 Å². The Labute approximate surface area is 187 Å². The Bertz CT molecular complexity index is 1270. The highest BCUT2D eigenvalue weighted by atomic mass is 16.6. The molecule has 0 unspecified atom stereocenters. The molecule has 1 N–H and O–H groups in total. The zero-order valence-corrected chi connectivity index (χ0v) is 18.2. The first kappa shape index (κ1) is 20.3. The fraction of sp³-hybridized carbons (Fsp3) is 0.259. The Morgan fingerprint density at radius 1 is 1.06 bits per heavy atom. The number of methoxy groups -OCH3 is 1. The summed E-state index contributed by atoms with van der Waals surface area (Å²) in [6, 6.07) is 18.1. The van der Waals surface area contributed by atoms with Crippen molar-refractivity contribution in [1.29, 1.82) is 0 Å². The smallest absolute Gasteiger partial charge is 0.311 e. The minimum Gasteiger partial charge on any atom is -0.493 e. The van der Waals surface area contributed by atoms with Crippen molar-refractivity contribution in [2.75, 3.05) is 12.4 Å². The van der Waals surface area contributed by atoms with E-state index in [1.807, 2.05) is 24.3 Å². The van der Waals surface area contributed by atoms with Gasteiger partial charge in [0.1, 0.15) is 0 Å². The summed E-state index contributed by atoms with van der Waals surface area (Å²) < 4.78 is 11.0. The number of rotatable bonds is 4. The molecule has 5 nitrogen and oxygen atoms in total. The molecule has 1 aliphatic carbocycles. The van der Waals surface area contributed by atoms with Crippen LogP contribution in [0.5, 0.6) is 11.5 Å². The van der Waals surface area contributed by atoms with E-state index in [1.54, 1.807) is 20.1 Å². The van der Waals surface area contributed by atoms with E-state index in [-0.39, 0.29) is 24.1 Å². The lowest BCUT2D eigenvalue weighted by molar-refractivity contribution is -0.134. The van der Waals surface area contributed by atoms with Crippen LogP contribution in [-0.4, -0.2) is 18.9 Å². The molecule has 0 bridgehead atoms. The second-order valence-corrected chi connectivity index (χ2v) is 8.22. The summed E-state index contributed by atoms with van der Waals surface area (Å²) in [6.45, 7) is 1.75. The molecule has 0 radical (unpaired) electrons. The fourth-order valence-corrected chi connectivity index (χ4v) is 4.79. The summed E-state index contributed by atoms with van der Waals surface area (Å²) in [5.41, 5.74) is 4.91. The van der Waals surface area contributed by atoms with Gasteiger partial charge in [-0.3, -0.25) is 9.59 Å². The maximum Gasteiger partial charge on any atom is 0.311 e. The number of anilines is 1. The molecule has 0 aromatic heterocycles.